The van der Waals surface area contributed by atoms with Crippen LogP contribution >= 0.6 is 0 Å². The Morgan fingerprint density at radius 2 is 1.81 bits per heavy atom. The van der Waals surface area contributed by atoms with Crippen LogP contribution in [0, 0.1) is 6.92 Å². The van der Waals surface area contributed by atoms with Crippen molar-refractivity contribution < 1.29 is 8.83 Å². The summed E-state index contributed by atoms with van der Waals surface area (Å²) in [6.45, 7) is 5.52. The second-order valence-electron chi connectivity index (χ2n) is 6.90. The molecule has 0 aliphatic heterocycles. The molecule has 0 bridgehead atoms. The molecule has 0 unspecified atom stereocenters. The summed E-state index contributed by atoms with van der Waals surface area (Å²) in [6.07, 6.45) is 0.871. The van der Waals surface area contributed by atoms with E-state index in [4.69, 9.17) is 8.83 Å². The highest BCUT2D eigenvalue weighted by atomic mass is 16.4. The molecule has 0 radical (unpaired) electrons. The molecule has 0 atom stereocenters. The van der Waals surface area contributed by atoms with Gasteiger partial charge in [-0.2, -0.15) is 0 Å². The number of hydrogen-bond donors (Lipinski definition) is 0. The number of fused-ring (bicyclic) bond motifs is 1. The molecule has 0 N–H and O–H groups in total. The molecule has 0 amide bonds. The van der Waals surface area contributed by atoms with Gasteiger partial charge in [0.2, 0.25) is 11.8 Å². The van der Waals surface area contributed by atoms with Crippen molar-refractivity contribution in [2.45, 2.75) is 33.4 Å². The van der Waals surface area contributed by atoms with Gasteiger partial charge in [0, 0.05) is 29.5 Å². The third-order valence-corrected chi connectivity index (χ3v) is 4.67. The normalized spacial score (nSPS) is 11.6. The Hall–Kier alpha value is -2.92. The Bertz CT molecular complexity index is 1060. The van der Waals surface area contributed by atoms with Gasteiger partial charge in [-0.15, -0.1) is 10.2 Å². The topological polar surface area (TPSA) is 55.3 Å². The van der Waals surface area contributed by atoms with Gasteiger partial charge < -0.3 is 8.83 Å². The molecule has 4 rings (SSSR count). The summed E-state index contributed by atoms with van der Waals surface area (Å²) in [7, 11) is 2.05. The zero-order valence-electron chi connectivity index (χ0n) is 15.9. The number of hydrogen-bond acceptors (Lipinski definition) is 5. The van der Waals surface area contributed by atoms with Crippen molar-refractivity contribution in [3.63, 3.8) is 0 Å². The van der Waals surface area contributed by atoms with Gasteiger partial charge >= 0.3 is 0 Å². The summed E-state index contributed by atoms with van der Waals surface area (Å²) in [5.41, 5.74) is 4.29. The maximum Gasteiger partial charge on any atom is 0.247 e. The van der Waals surface area contributed by atoms with Crippen molar-refractivity contribution in [3.05, 3.63) is 71.3 Å². The van der Waals surface area contributed by atoms with Gasteiger partial charge in [-0.05, 0) is 32.2 Å². The summed E-state index contributed by atoms with van der Waals surface area (Å²) < 4.78 is 11.9. The number of furan rings is 1. The van der Waals surface area contributed by atoms with Crippen LogP contribution < -0.4 is 0 Å². The number of nitrogens with zero attached hydrogens (tertiary/aromatic N) is 3. The van der Waals surface area contributed by atoms with Gasteiger partial charge in [0.15, 0.2) is 0 Å². The Kier molecular flexibility index (Phi) is 4.77. The quantitative estimate of drug-likeness (QED) is 0.484. The summed E-state index contributed by atoms with van der Waals surface area (Å²) in [5, 5.41) is 9.59. The third-order valence-electron chi connectivity index (χ3n) is 4.67. The molecule has 0 saturated heterocycles. The van der Waals surface area contributed by atoms with Crippen LogP contribution in [0.4, 0.5) is 0 Å². The van der Waals surface area contributed by atoms with E-state index in [9.17, 15) is 0 Å². The lowest BCUT2D eigenvalue weighted by Crippen LogP contribution is -2.18. The first-order chi connectivity index (χ1) is 13.1. The molecule has 2 aromatic heterocycles. The number of para-hydroxylation sites is 1. The molecule has 138 valence electrons. The van der Waals surface area contributed by atoms with Crippen molar-refractivity contribution in [2.75, 3.05) is 7.05 Å². The highest BCUT2D eigenvalue weighted by Gasteiger charge is 2.16. The van der Waals surface area contributed by atoms with Crippen LogP contribution in [0.3, 0.4) is 0 Å². The first-order valence-electron chi connectivity index (χ1n) is 9.21. The number of aryl methyl sites for hydroxylation is 2. The van der Waals surface area contributed by atoms with Crippen LogP contribution in [0.15, 0.2) is 57.4 Å². The van der Waals surface area contributed by atoms with E-state index >= 15 is 0 Å². The largest absolute Gasteiger partial charge is 0.461 e. The maximum absolute atomic E-state index is 5.99. The van der Waals surface area contributed by atoms with Gasteiger partial charge in [-0.3, -0.25) is 4.90 Å². The van der Waals surface area contributed by atoms with Crippen LogP contribution in [0.1, 0.15) is 29.7 Å². The SMILES string of the molecule is CCc1oc2ccccc2c1CN(C)Cc1nnc(-c2cccc(C)c2)o1. The van der Waals surface area contributed by atoms with Crippen molar-refractivity contribution >= 4 is 11.0 Å². The van der Waals surface area contributed by atoms with Gasteiger partial charge in [0.25, 0.3) is 0 Å². The van der Waals surface area contributed by atoms with Crippen molar-refractivity contribution in [3.8, 4) is 11.5 Å². The lowest BCUT2D eigenvalue weighted by molar-refractivity contribution is 0.281. The Balaban J connectivity index is 1.51. The zero-order chi connectivity index (χ0) is 18.8. The minimum Gasteiger partial charge on any atom is -0.461 e. The van der Waals surface area contributed by atoms with E-state index in [-0.39, 0.29) is 0 Å². The van der Waals surface area contributed by atoms with E-state index in [1.54, 1.807) is 0 Å². The van der Waals surface area contributed by atoms with Crippen LogP contribution in [-0.4, -0.2) is 22.1 Å². The summed E-state index contributed by atoms with van der Waals surface area (Å²) in [4.78, 5) is 2.17. The molecule has 27 heavy (non-hydrogen) atoms. The number of aromatic nitrogens is 2. The average Bonchev–Trinajstić information content (AvgIpc) is 3.27. The van der Waals surface area contributed by atoms with E-state index in [1.807, 2.05) is 36.4 Å². The molecular weight excluding hydrogens is 338 g/mol. The van der Waals surface area contributed by atoms with E-state index in [1.165, 1.54) is 16.5 Å². The molecule has 2 heterocycles. The summed E-state index contributed by atoms with van der Waals surface area (Å²) in [5.74, 6) is 2.21. The summed E-state index contributed by atoms with van der Waals surface area (Å²) >= 11 is 0. The zero-order valence-corrected chi connectivity index (χ0v) is 15.9. The van der Waals surface area contributed by atoms with Gasteiger partial charge in [0.1, 0.15) is 11.3 Å². The van der Waals surface area contributed by atoms with Gasteiger partial charge in [0.05, 0.1) is 6.54 Å². The lowest BCUT2D eigenvalue weighted by Gasteiger charge is -2.14. The van der Waals surface area contributed by atoms with Gasteiger partial charge in [-0.1, -0.05) is 42.8 Å². The average molecular weight is 361 g/mol. The van der Waals surface area contributed by atoms with Crippen molar-refractivity contribution in [1.29, 1.82) is 0 Å². The van der Waals surface area contributed by atoms with Gasteiger partial charge in [-0.25, -0.2) is 0 Å². The second kappa shape index (κ2) is 7.37. The van der Waals surface area contributed by atoms with Crippen molar-refractivity contribution in [2.24, 2.45) is 0 Å². The lowest BCUT2D eigenvalue weighted by atomic mass is 10.1. The van der Waals surface area contributed by atoms with Crippen molar-refractivity contribution in [1.82, 2.24) is 15.1 Å². The van der Waals surface area contributed by atoms with Crippen LogP contribution in [0.5, 0.6) is 0 Å². The van der Waals surface area contributed by atoms with E-state index in [2.05, 4.69) is 48.1 Å². The molecule has 5 heteroatoms. The minimum atomic E-state index is 0.560. The molecule has 0 saturated carbocycles. The molecule has 0 aliphatic rings. The third kappa shape index (κ3) is 3.64. The predicted molar refractivity (Wildman–Crippen MR) is 105 cm³/mol. The fourth-order valence-corrected chi connectivity index (χ4v) is 3.38. The fourth-order valence-electron chi connectivity index (χ4n) is 3.38. The molecule has 0 spiro atoms. The standard InChI is InChI=1S/C22H23N3O2/c1-4-19-18(17-10-5-6-11-20(17)26-19)13-25(3)14-21-23-24-22(27-21)16-9-7-8-15(2)12-16/h5-12H,4,13-14H2,1-3H3. The van der Waals surface area contributed by atoms with E-state index < -0.39 is 0 Å². The monoisotopic (exact) mass is 361 g/mol. The molecule has 0 aliphatic carbocycles. The van der Waals surface area contributed by atoms with E-state index in [0.717, 1.165) is 29.9 Å². The molecule has 2 aromatic carbocycles. The minimum absolute atomic E-state index is 0.560. The first-order valence-corrected chi connectivity index (χ1v) is 9.21. The molecule has 4 aromatic rings. The Morgan fingerprint density at radius 3 is 2.63 bits per heavy atom. The molecule has 0 fully saturated rings. The van der Waals surface area contributed by atoms with Crippen LogP contribution in [-0.2, 0) is 19.5 Å². The second-order valence-corrected chi connectivity index (χ2v) is 6.90. The molecule has 5 nitrogen and oxygen atoms in total. The maximum atomic E-state index is 5.99. The number of rotatable bonds is 6. The molecular formula is C22H23N3O2. The van der Waals surface area contributed by atoms with Crippen LogP contribution in [0.2, 0.25) is 0 Å². The smallest absolute Gasteiger partial charge is 0.247 e. The van der Waals surface area contributed by atoms with Crippen LogP contribution in [0.25, 0.3) is 22.4 Å². The predicted octanol–water partition coefficient (Wildman–Crippen LogP) is 4.99. The van der Waals surface area contributed by atoms with E-state index in [0.29, 0.717) is 18.3 Å². The Morgan fingerprint density at radius 1 is 0.963 bits per heavy atom. The highest BCUT2D eigenvalue weighted by Crippen LogP contribution is 2.28. The first kappa shape index (κ1) is 17.5. The number of benzene rings is 2. The fraction of sp³-hybridized carbons (Fsp3) is 0.273. The summed E-state index contributed by atoms with van der Waals surface area (Å²) in [6, 6.07) is 16.3. The Labute approximate surface area is 158 Å². The highest BCUT2D eigenvalue weighted by molar-refractivity contribution is 5.82.